The van der Waals surface area contributed by atoms with Gasteiger partial charge in [0.25, 0.3) is 0 Å². The zero-order chi connectivity index (χ0) is 14.8. The summed E-state index contributed by atoms with van der Waals surface area (Å²) >= 11 is 1.51. The van der Waals surface area contributed by atoms with Gasteiger partial charge < -0.3 is 10.4 Å². The Balaban J connectivity index is 2.05. The van der Waals surface area contributed by atoms with Crippen LogP contribution in [0.4, 0.5) is 0 Å². The Morgan fingerprint density at radius 1 is 1.45 bits per heavy atom. The second-order valence-electron chi connectivity index (χ2n) is 5.29. The molecule has 5 heteroatoms. The molecule has 0 aromatic heterocycles. The van der Waals surface area contributed by atoms with Gasteiger partial charge in [0.2, 0.25) is 5.91 Å². The van der Waals surface area contributed by atoms with Crippen molar-refractivity contribution in [1.82, 2.24) is 5.32 Å². The Kier molecular flexibility index (Phi) is 4.38. The predicted molar refractivity (Wildman–Crippen MR) is 78.9 cm³/mol. The zero-order valence-electron chi connectivity index (χ0n) is 11.7. The average molecular weight is 293 g/mol. The van der Waals surface area contributed by atoms with Crippen LogP contribution in [0.15, 0.2) is 29.2 Å². The third-order valence-electron chi connectivity index (χ3n) is 3.56. The lowest BCUT2D eigenvalue weighted by molar-refractivity contribution is -0.147. The Morgan fingerprint density at radius 2 is 2.15 bits per heavy atom. The molecule has 1 amide bonds. The van der Waals surface area contributed by atoms with Crippen LogP contribution in [0.1, 0.15) is 32.3 Å². The summed E-state index contributed by atoms with van der Waals surface area (Å²) in [6.45, 7) is 3.48. The molecular weight excluding hydrogens is 274 g/mol. The van der Waals surface area contributed by atoms with E-state index in [2.05, 4.69) is 5.32 Å². The van der Waals surface area contributed by atoms with Gasteiger partial charge in [-0.2, -0.15) is 0 Å². The van der Waals surface area contributed by atoms with Crippen molar-refractivity contribution in [3.8, 4) is 0 Å². The van der Waals surface area contributed by atoms with Crippen LogP contribution in [0.25, 0.3) is 0 Å². The van der Waals surface area contributed by atoms with E-state index in [-0.39, 0.29) is 11.2 Å². The molecule has 1 heterocycles. The van der Waals surface area contributed by atoms with Crippen molar-refractivity contribution in [1.29, 1.82) is 0 Å². The fourth-order valence-corrected chi connectivity index (χ4v) is 3.60. The topological polar surface area (TPSA) is 66.4 Å². The van der Waals surface area contributed by atoms with E-state index in [0.717, 1.165) is 10.5 Å². The highest BCUT2D eigenvalue weighted by Gasteiger charge is 2.37. The minimum Gasteiger partial charge on any atom is -0.480 e. The van der Waals surface area contributed by atoms with Crippen LogP contribution in [0.3, 0.4) is 0 Å². The van der Waals surface area contributed by atoms with Gasteiger partial charge in [0.15, 0.2) is 0 Å². The number of hydrogen-bond acceptors (Lipinski definition) is 3. The van der Waals surface area contributed by atoms with Gasteiger partial charge >= 0.3 is 5.97 Å². The Labute approximate surface area is 123 Å². The van der Waals surface area contributed by atoms with Crippen molar-refractivity contribution in [3.63, 3.8) is 0 Å². The van der Waals surface area contributed by atoms with Crippen LogP contribution in [-0.4, -0.2) is 27.8 Å². The van der Waals surface area contributed by atoms with E-state index in [1.807, 2.05) is 31.2 Å². The summed E-state index contributed by atoms with van der Waals surface area (Å²) in [5.41, 5.74) is -0.0218. The summed E-state index contributed by atoms with van der Waals surface area (Å²) in [4.78, 5) is 24.8. The van der Waals surface area contributed by atoms with Crippen molar-refractivity contribution in [3.05, 3.63) is 29.8 Å². The summed E-state index contributed by atoms with van der Waals surface area (Å²) in [5, 5.41) is 11.8. The summed E-state index contributed by atoms with van der Waals surface area (Å²) in [7, 11) is 0. The number of fused-ring (bicyclic) bond motifs is 1. The summed E-state index contributed by atoms with van der Waals surface area (Å²) in [5.74, 6) is -1.17. The number of carboxylic acid groups (broad SMARTS) is 1. The number of aliphatic carboxylic acids is 1. The van der Waals surface area contributed by atoms with Gasteiger partial charge in [-0.25, -0.2) is 4.79 Å². The minimum absolute atomic E-state index is 0.190. The lowest BCUT2D eigenvalue weighted by Gasteiger charge is -2.27. The molecule has 1 aliphatic rings. The van der Waals surface area contributed by atoms with Crippen LogP contribution >= 0.6 is 11.8 Å². The molecule has 2 atom stereocenters. The van der Waals surface area contributed by atoms with Crippen LogP contribution in [0, 0.1) is 0 Å². The van der Waals surface area contributed by atoms with Crippen LogP contribution in [-0.2, 0) is 16.0 Å². The van der Waals surface area contributed by atoms with Crippen LogP contribution in [0.5, 0.6) is 0 Å². The molecule has 2 unspecified atom stereocenters. The largest absolute Gasteiger partial charge is 0.480 e. The van der Waals surface area contributed by atoms with Gasteiger partial charge in [0.05, 0.1) is 5.25 Å². The second kappa shape index (κ2) is 5.87. The molecule has 4 nitrogen and oxygen atoms in total. The quantitative estimate of drug-likeness (QED) is 0.875. The van der Waals surface area contributed by atoms with Gasteiger partial charge in [-0.15, -0.1) is 11.8 Å². The maximum absolute atomic E-state index is 12.3. The first-order chi connectivity index (χ1) is 9.46. The first-order valence-electron chi connectivity index (χ1n) is 6.76. The molecule has 1 aromatic rings. The molecule has 2 rings (SSSR count). The molecule has 2 N–H and O–H groups in total. The van der Waals surface area contributed by atoms with E-state index in [1.54, 1.807) is 6.92 Å². The van der Waals surface area contributed by atoms with E-state index in [9.17, 15) is 14.7 Å². The number of thioether (sulfide) groups is 1. The van der Waals surface area contributed by atoms with Gasteiger partial charge in [0, 0.05) is 4.90 Å². The fraction of sp³-hybridized carbons (Fsp3) is 0.467. The Bertz CT molecular complexity index is 507. The van der Waals surface area contributed by atoms with E-state index >= 15 is 0 Å². The molecule has 0 spiro atoms. The number of benzene rings is 1. The number of carboxylic acids is 1. The van der Waals surface area contributed by atoms with E-state index in [1.165, 1.54) is 11.8 Å². The Morgan fingerprint density at radius 3 is 2.75 bits per heavy atom. The van der Waals surface area contributed by atoms with Gasteiger partial charge in [-0.3, -0.25) is 4.79 Å². The first-order valence-corrected chi connectivity index (χ1v) is 7.64. The van der Waals surface area contributed by atoms with Crippen molar-refractivity contribution in [2.75, 3.05) is 0 Å². The number of hydrogen-bond donors (Lipinski definition) is 2. The third kappa shape index (κ3) is 2.98. The maximum Gasteiger partial charge on any atom is 0.329 e. The molecule has 108 valence electrons. The van der Waals surface area contributed by atoms with Crippen LogP contribution in [0.2, 0.25) is 0 Å². The monoisotopic (exact) mass is 293 g/mol. The highest BCUT2D eigenvalue weighted by Crippen LogP contribution is 2.37. The molecule has 20 heavy (non-hydrogen) atoms. The second-order valence-corrected chi connectivity index (χ2v) is 6.54. The maximum atomic E-state index is 12.3. The first kappa shape index (κ1) is 14.9. The van der Waals surface area contributed by atoms with Gasteiger partial charge in [0.1, 0.15) is 5.54 Å². The molecule has 0 saturated heterocycles. The van der Waals surface area contributed by atoms with E-state index in [4.69, 9.17) is 0 Å². The standard InChI is InChI=1S/C15H19NO3S/c1-3-8-15(2,14(18)19)16-13(17)12-9-10-6-4-5-7-11(10)20-12/h4-7,12H,3,8-9H2,1-2H3,(H,16,17)(H,18,19). The summed E-state index contributed by atoms with van der Waals surface area (Å²) in [6, 6.07) is 7.91. The van der Waals surface area contributed by atoms with Crippen LogP contribution < -0.4 is 5.32 Å². The Hall–Kier alpha value is -1.49. The minimum atomic E-state index is -1.18. The lowest BCUT2D eigenvalue weighted by atomic mass is 9.96. The van der Waals surface area contributed by atoms with Gasteiger partial charge in [-0.1, -0.05) is 31.5 Å². The number of carbonyl (C=O) groups excluding carboxylic acids is 1. The highest BCUT2D eigenvalue weighted by molar-refractivity contribution is 8.01. The average Bonchev–Trinajstić information content (AvgIpc) is 2.82. The summed E-state index contributed by atoms with van der Waals surface area (Å²) in [6.07, 6.45) is 1.80. The number of rotatable bonds is 5. The molecule has 1 aromatic carbocycles. The molecule has 0 radical (unpaired) electrons. The SMILES string of the molecule is CCCC(C)(NC(=O)C1Cc2ccccc2S1)C(=O)O. The third-order valence-corrected chi connectivity index (χ3v) is 4.88. The fourth-order valence-electron chi connectivity index (χ4n) is 2.40. The molecule has 0 bridgehead atoms. The number of nitrogens with one attached hydrogen (secondary N) is 1. The van der Waals surface area contributed by atoms with E-state index < -0.39 is 11.5 Å². The molecule has 0 fully saturated rings. The normalized spacial score (nSPS) is 20.0. The van der Waals surface area contributed by atoms with Crippen molar-refractivity contribution in [2.45, 2.75) is 48.8 Å². The van der Waals surface area contributed by atoms with Crippen molar-refractivity contribution < 1.29 is 14.7 Å². The lowest BCUT2D eigenvalue weighted by Crippen LogP contribution is -2.54. The zero-order valence-corrected chi connectivity index (χ0v) is 12.5. The molecule has 0 saturated carbocycles. The molecular formula is C15H19NO3S. The predicted octanol–water partition coefficient (Wildman–Crippen LogP) is 2.46. The molecule has 0 aliphatic carbocycles. The van der Waals surface area contributed by atoms with E-state index in [0.29, 0.717) is 19.3 Å². The molecule has 1 aliphatic heterocycles. The van der Waals surface area contributed by atoms with Gasteiger partial charge in [-0.05, 0) is 31.4 Å². The van der Waals surface area contributed by atoms with Crippen molar-refractivity contribution >= 4 is 23.6 Å². The number of carbonyl (C=O) groups is 2. The smallest absolute Gasteiger partial charge is 0.329 e. The van der Waals surface area contributed by atoms with Crippen molar-refractivity contribution in [2.24, 2.45) is 0 Å². The highest BCUT2D eigenvalue weighted by atomic mass is 32.2. The summed E-state index contributed by atoms with van der Waals surface area (Å²) < 4.78 is 0. The number of amides is 1.